The molecule has 158 valence electrons. The number of nitrogens with zero attached hydrogens (tertiary/aromatic N) is 2. The minimum atomic E-state index is -0.919. The number of carbonyl (C=O) groups is 3. The lowest BCUT2D eigenvalue weighted by atomic mass is 9.84. The van der Waals surface area contributed by atoms with Gasteiger partial charge >= 0.3 is 0 Å². The summed E-state index contributed by atoms with van der Waals surface area (Å²) in [5, 5.41) is 0. The van der Waals surface area contributed by atoms with Gasteiger partial charge in [-0.3, -0.25) is 14.4 Å². The van der Waals surface area contributed by atoms with Crippen LogP contribution in [0, 0.1) is 11.8 Å². The van der Waals surface area contributed by atoms with Gasteiger partial charge in [0.25, 0.3) is 0 Å². The van der Waals surface area contributed by atoms with Gasteiger partial charge in [-0.05, 0) is 29.3 Å². The van der Waals surface area contributed by atoms with E-state index in [-0.39, 0.29) is 5.91 Å². The van der Waals surface area contributed by atoms with Crippen LogP contribution in [0.1, 0.15) is 17.2 Å². The molecule has 3 amide bonds. The van der Waals surface area contributed by atoms with Gasteiger partial charge in [-0.25, -0.2) is 4.90 Å². The summed E-state index contributed by atoms with van der Waals surface area (Å²) < 4.78 is 10.7. The fourth-order valence-electron chi connectivity index (χ4n) is 5.09. The molecule has 2 N–H and O–H groups in total. The number of methoxy groups -OCH3 is 2. The Morgan fingerprint density at radius 2 is 1.74 bits per heavy atom. The Bertz CT molecular complexity index is 1140. The topological polar surface area (TPSA) is 102 Å². The molecule has 3 aliphatic heterocycles. The Balaban J connectivity index is 1.66. The summed E-state index contributed by atoms with van der Waals surface area (Å²) in [5.74, 6) is -2.28. The summed E-state index contributed by atoms with van der Waals surface area (Å²) >= 11 is 0. The predicted molar refractivity (Wildman–Crippen MR) is 112 cm³/mol. The van der Waals surface area contributed by atoms with Crippen LogP contribution in [-0.2, 0) is 14.4 Å². The molecule has 31 heavy (non-hydrogen) atoms. The third kappa shape index (κ3) is 2.57. The fourth-order valence-corrected chi connectivity index (χ4v) is 5.09. The average molecular weight is 419 g/mol. The number of fused-ring (bicyclic) bond motifs is 5. The molecular weight excluding hydrogens is 398 g/mol. The number of anilines is 1. The fraction of sp³-hybridized carbons (Fsp3) is 0.261. The van der Waals surface area contributed by atoms with Crippen LogP contribution in [0.2, 0.25) is 0 Å². The third-order valence-electron chi connectivity index (χ3n) is 6.38. The molecule has 2 aromatic rings. The summed E-state index contributed by atoms with van der Waals surface area (Å²) in [7, 11) is 2.97. The van der Waals surface area contributed by atoms with E-state index >= 15 is 0 Å². The lowest BCUT2D eigenvalue weighted by Crippen LogP contribution is -2.46. The zero-order valence-corrected chi connectivity index (χ0v) is 17.0. The normalized spacial score (nSPS) is 25.9. The second-order valence-corrected chi connectivity index (χ2v) is 7.79. The standard InChI is InChI=1S/C23H21N3O5/c1-30-13-7-8-16(31-2)15(11-13)26-22(28)17-18(23(26)29)20(21(24)27)25-10-9-12-5-3-4-6-14(12)19(17)25/h3-11,17-20H,1-2H3,(H2,24,27)/t17-,18+,19-,20-/m0/s1. The Morgan fingerprint density at radius 1 is 1.00 bits per heavy atom. The van der Waals surface area contributed by atoms with Crippen LogP contribution in [0.25, 0.3) is 6.08 Å². The first-order valence-corrected chi connectivity index (χ1v) is 9.91. The van der Waals surface area contributed by atoms with Crippen LogP contribution in [0.5, 0.6) is 11.5 Å². The first-order valence-electron chi connectivity index (χ1n) is 9.91. The lowest BCUT2D eigenvalue weighted by Gasteiger charge is -2.34. The van der Waals surface area contributed by atoms with Crippen molar-refractivity contribution in [2.45, 2.75) is 12.1 Å². The number of rotatable bonds is 4. The van der Waals surface area contributed by atoms with Crippen LogP contribution in [0.4, 0.5) is 5.69 Å². The predicted octanol–water partition coefficient (Wildman–Crippen LogP) is 1.70. The molecule has 2 fully saturated rings. The second kappa shape index (κ2) is 6.87. The highest BCUT2D eigenvalue weighted by atomic mass is 16.5. The van der Waals surface area contributed by atoms with E-state index in [0.717, 1.165) is 16.0 Å². The minimum Gasteiger partial charge on any atom is -0.497 e. The molecule has 0 saturated carbocycles. The van der Waals surface area contributed by atoms with Gasteiger partial charge in [-0.2, -0.15) is 0 Å². The molecule has 0 bridgehead atoms. The maximum Gasteiger partial charge on any atom is 0.240 e. The average Bonchev–Trinajstić information content (AvgIpc) is 3.26. The molecule has 8 nitrogen and oxygen atoms in total. The molecule has 8 heteroatoms. The summed E-state index contributed by atoms with van der Waals surface area (Å²) in [6.07, 6.45) is 3.64. The van der Waals surface area contributed by atoms with E-state index in [4.69, 9.17) is 15.2 Å². The number of nitrogens with two attached hydrogens (primary N) is 1. The monoisotopic (exact) mass is 419 g/mol. The number of benzene rings is 2. The Labute approximate surface area is 178 Å². The molecule has 0 aromatic heterocycles. The smallest absolute Gasteiger partial charge is 0.240 e. The van der Waals surface area contributed by atoms with Gasteiger partial charge in [-0.15, -0.1) is 0 Å². The van der Waals surface area contributed by atoms with E-state index in [1.54, 1.807) is 29.3 Å². The van der Waals surface area contributed by atoms with Crippen molar-refractivity contribution in [3.8, 4) is 11.5 Å². The van der Waals surface area contributed by atoms with E-state index < -0.39 is 35.7 Å². The van der Waals surface area contributed by atoms with Crippen molar-refractivity contribution in [2.75, 3.05) is 19.1 Å². The Morgan fingerprint density at radius 3 is 2.45 bits per heavy atom. The highest BCUT2D eigenvalue weighted by Crippen LogP contribution is 2.53. The largest absolute Gasteiger partial charge is 0.497 e. The highest BCUT2D eigenvalue weighted by molar-refractivity contribution is 6.24. The molecule has 0 spiro atoms. The number of primary amides is 1. The summed E-state index contributed by atoms with van der Waals surface area (Å²) in [4.78, 5) is 42.6. The van der Waals surface area contributed by atoms with Gasteiger partial charge < -0.3 is 20.1 Å². The number of amides is 3. The summed E-state index contributed by atoms with van der Waals surface area (Å²) in [5.41, 5.74) is 7.87. The minimum absolute atomic E-state index is 0.292. The number of imide groups is 1. The van der Waals surface area contributed by atoms with Gasteiger partial charge in [0.1, 0.15) is 17.5 Å². The Hall–Kier alpha value is -3.81. The van der Waals surface area contributed by atoms with Crippen molar-refractivity contribution in [1.82, 2.24) is 4.90 Å². The van der Waals surface area contributed by atoms with Crippen LogP contribution in [-0.4, -0.2) is 42.9 Å². The molecule has 2 saturated heterocycles. The van der Waals surface area contributed by atoms with Crippen molar-refractivity contribution in [2.24, 2.45) is 17.6 Å². The molecule has 3 aliphatic rings. The van der Waals surface area contributed by atoms with Crippen molar-refractivity contribution in [3.63, 3.8) is 0 Å². The zero-order valence-electron chi connectivity index (χ0n) is 17.0. The van der Waals surface area contributed by atoms with Crippen LogP contribution in [0.15, 0.2) is 48.7 Å². The van der Waals surface area contributed by atoms with E-state index in [2.05, 4.69) is 0 Å². The van der Waals surface area contributed by atoms with Crippen LogP contribution >= 0.6 is 0 Å². The third-order valence-corrected chi connectivity index (χ3v) is 6.38. The number of hydrogen-bond acceptors (Lipinski definition) is 6. The molecule has 4 atom stereocenters. The second-order valence-electron chi connectivity index (χ2n) is 7.79. The molecule has 0 unspecified atom stereocenters. The van der Waals surface area contributed by atoms with Gasteiger partial charge in [0.05, 0.1) is 37.8 Å². The van der Waals surface area contributed by atoms with Crippen molar-refractivity contribution < 1.29 is 23.9 Å². The first kappa shape index (κ1) is 19.2. The quantitative estimate of drug-likeness (QED) is 0.757. The number of ether oxygens (including phenoxy) is 2. The molecule has 2 aromatic carbocycles. The molecule has 0 radical (unpaired) electrons. The lowest BCUT2D eigenvalue weighted by molar-refractivity contribution is -0.129. The van der Waals surface area contributed by atoms with Crippen LogP contribution in [0.3, 0.4) is 0 Å². The van der Waals surface area contributed by atoms with Crippen molar-refractivity contribution in [1.29, 1.82) is 0 Å². The van der Waals surface area contributed by atoms with E-state index in [9.17, 15) is 14.4 Å². The summed E-state index contributed by atoms with van der Waals surface area (Å²) in [6.45, 7) is 0. The number of hydrogen-bond donors (Lipinski definition) is 1. The van der Waals surface area contributed by atoms with E-state index in [0.29, 0.717) is 17.2 Å². The van der Waals surface area contributed by atoms with Crippen molar-refractivity contribution >= 4 is 29.5 Å². The van der Waals surface area contributed by atoms with Crippen LogP contribution < -0.4 is 20.1 Å². The van der Waals surface area contributed by atoms with Gasteiger partial charge in [-0.1, -0.05) is 24.3 Å². The molecular formula is C23H21N3O5. The van der Waals surface area contributed by atoms with Gasteiger partial charge in [0.2, 0.25) is 17.7 Å². The zero-order chi connectivity index (χ0) is 21.9. The number of carbonyl (C=O) groups excluding carboxylic acids is 3. The van der Waals surface area contributed by atoms with Gasteiger partial charge in [0, 0.05) is 12.3 Å². The molecule has 5 rings (SSSR count). The molecule has 3 heterocycles. The van der Waals surface area contributed by atoms with Gasteiger partial charge in [0.15, 0.2) is 0 Å². The van der Waals surface area contributed by atoms with E-state index in [1.165, 1.54) is 14.2 Å². The SMILES string of the molecule is COc1ccc(OC)c(N2C(=O)[C@@H]3[C@H](C2=O)[C@@H]2c4ccccc4C=CN2[C@@H]3C(N)=O)c1. The highest BCUT2D eigenvalue weighted by Gasteiger charge is 2.64. The van der Waals surface area contributed by atoms with E-state index in [1.807, 2.05) is 30.3 Å². The summed E-state index contributed by atoms with van der Waals surface area (Å²) in [6, 6.07) is 11.2. The first-order chi connectivity index (χ1) is 15.0. The Kier molecular flexibility index (Phi) is 4.25. The van der Waals surface area contributed by atoms with Crippen molar-refractivity contribution in [3.05, 3.63) is 59.8 Å². The molecule has 0 aliphatic carbocycles. The maximum absolute atomic E-state index is 13.7. The maximum atomic E-state index is 13.7.